The summed E-state index contributed by atoms with van der Waals surface area (Å²) < 4.78 is 0. The highest BCUT2D eigenvalue weighted by molar-refractivity contribution is 6.29. The second-order valence-electron chi connectivity index (χ2n) is 3.98. The van der Waals surface area contributed by atoms with Gasteiger partial charge in [-0.15, -0.1) is 0 Å². The van der Waals surface area contributed by atoms with Gasteiger partial charge in [0.15, 0.2) is 0 Å². The third-order valence-electron chi connectivity index (χ3n) is 2.80. The van der Waals surface area contributed by atoms with Crippen LogP contribution in [0.25, 0.3) is 0 Å². The molecule has 2 rings (SSSR count). The molecule has 2 atom stereocenters. The standard InChI is InChI=1S/C10H14ClN3O/c1-7-5-14(3-2-8(7)15)10-4-9(11)12-6-13-10/h4,6-8,15H,2-3,5H2,1H3/t7-,8-/m1/s1. The smallest absolute Gasteiger partial charge is 0.134 e. The fourth-order valence-corrected chi connectivity index (χ4v) is 1.98. The van der Waals surface area contributed by atoms with E-state index in [-0.39, 0.29) is 12.0 Å². The first-order chi connectivity index (χ1) is 7.16. The summed E-state index contributed by atoms with van der Waals surface area (Å²) in [6.45, 7) is 3.67. The molecule has 15 heavy (non-hydrogen) atoms. The van der Waals surface area contributed by atoms with Crippen molar-refractivity contribution < 1.29 is 5.11 Å². The molecule has 0 aliphatic carbocycles. The zero-order chi connectivity index (χ0) is 10.8. The molecule has 4 nitrogen and oxygen atoms in total. The number of aliphatic hydroxyl groups is 1. The summed E-state index contributed by atoms with van der Waals surface area (Å²) in [7, 11) is 0. The number of aromatic nitrogens is 2. The highest BCUT2D eigenvalue weighted by atomic mass is 35.5. The van der Waals surface area contributed by atoms with Crippen LogP contribution in [-0.2, 0) is 0 Å². The van der Waals surface area contributed by atoms with E-state index in [9.17, 15) is 5.11 Å². The van der Waals surface area contributed by atoms with E-state index in [1.54, 1.807) is 6.07 Å². The topological polar surface area (TPSA) is 49.2 Å². The van der Waals surface area contributed by atoms with Crippen LogP contribution in [-0.4, -0.2) is 34.3 Å². The summed E-state index contributed by atoms with van der Waals surface area (Å²) in [5.74, 6) is 1.11. The van der Waals surface area contributed by atoms with Crippen LogP contribution in [0.1, 0.15) is 13.3 Å². The van der Waals surface area contributed by atoms with Crippen LogP contribution in [0.2, 0.25) is 5.15 Å². The van der Waals surface area contributed by atoms with E-state index in [1.807, 2.05) is 6.92 Å². The summed E-state index contributed by atoms with van der Waals surface area (Å²) >= 11 is 5.80. The molecule has 0 aromatic carbocycles. The maximum Gasteiger partial charge on any atom is 0.134 e. The minimum Gasteiger partial charge on any atom is -0.393 e. The summed E-state index contributed by atoms with van der Waals surface area (Å²) in [6.07, 6.45) is 2.05. The molecule has 0 spiro atoms. The molecule has 0 bridgehead atoms. The number of piperidine rings is 1. The molecule has 1 aliphatic heterocycles. The normalized spacial score (nSPS) is 26.7. The lowest BCUT2D eigenvalue weighted by Gasteiger charge is -2.35. The predicted molar refractivity (Wildman–Crippen MR) is 59.0 cm³/mol. The van der Waals surface area contributed by atoms with Gasteiger partial charge in [0.1, 0.15) is 17.3 Å². The van der Waals surface area contributed by atoms with E-state index in [1.165, 1.54) is 6.33 Å². The SMILES string of the molecule is C[C@@H]1CN(c2cc(Cl)ncn2)CC[C@H]1O. The van der Waals surface area contributed by atoms with Crippen LogP contribution in [0.15, 0.2) is 12.4 Å². The van der Waals surface area contributed by atoms with Gasteiger partial charge in [0.05, 0.1) is 6.10 Å². The van der Waals surface area contributed by atoms with E-state index in [0.717, 1.165) is 25.3 Å². The molecular weight excluding hydrogens is 214 g/mol. The van der Waals surface area contributed by atoms with Gasteiger partial charge in [-0.05, 0) is 12.3 Å². The Morgan fingerprint density at radius 1 is 1.53 bits per heavy atom. The van der Waals surface area contributed by atoms with Crippen LogP contribution in [0.3, 0.4) is 0 Å². The lowest BCUT2D eigenvalue weighted by molar-refractivity contribution is 0.0969. The average molecular weight is 228 g/mol. The number of rotatable bonds is 1. The van der Waals surface area contributed by atoms with E-state index in [0.29, 0.717) is 5.15 Å². The van der Waals surface area contributed by atoms with Crippen molar-refractivity contribution in [2.45, 2.75) is 19.4 Å². The minimum atomic E-state index is -0.196. The Morgan fingerprint density at radius 2 is 2.33 bits per heavy atom. The molecule has 82 valence electrons. The lowest BCUT2D eigenvalue weighted by Crippen LogP contribution is -2.42. The third kappa shape index (κ3) is 2.38. The molecule has 0 saturated carbocycles. The number of hydrogen-bond acceptors (Lipinski definition) is 4. The third-order valence-corrected chi connectivity index (χ3v) is 3.01. The molecule has 1 aliphatic rings. The van der Waals surface area contributed by atoms with Gasteiger partial charge in [-0.1, -0.05) is 18.5 Å². The van der Waals surface area contributed by atoms with Crippen LogP contribution < -0.4 is 4.90 Å². The van der Waals surface area contributed by atoms with Crippen LogP contribution in [0, 0.1) is 5.92 Å². The Kier molecular flexibility index (Phi) is 3.07. The molecule has 0 unspecified atom stereocenters. The molecule has 0 amide bonds. The second kappa shape index (κ2) is 4.33. The Balaban J connectivity index is 2.12. The number of aliphatic hydroxyl groups excluding tert-OH is 1. The minimum absolute atomic E-state index is 0.196. The molecule has 0 radical (unpaired) electrons. The number of nitrogens with zero attached hydrogens (tertiary/aromatic N) is 3. The Hall–Kier alpha value is -0.870. The van der Waals surface area contributed by atoms with Gasteiger partial charge < -0.3 is 10.0 Å². The summed E-state index contributed by atoms with van der Waals surface area (Å²) in [5, 5.41) is 10.1. The average Bonchev–Trinajstić information content (AvgIpc) is 2.22. The zero-order valence-corrected chi connectivity index (χ0v) is 9.35. The highest BCUT2D eigenvalue weighted by Gasteiger charge is 2.24. The Bertz CT molecular complexity index is 347. The van der Waals surface area contributed by atoms with Crippen molar-refractivity contribution in [3.8, 4) is 0 Å². The molecule has 2 heterocycles. The van der Waals surface area contributed by atoms with Crippen molar-refractivity contribution in [2.24, 2.45) is 5.92 Å². The van der Waals surface area contributed by atoms with E-state index >= 15 is 0 Å². The van der Waals surface area contributed by atoms with Gasteiger partial charge in [-0.3, -0.25) is 0 Å². The molecule has 5 heteroatoms. The van der Waals surface area contributed by atoms with Crippen LogP contribution in [0.5, 0.6) is 0 Å². The van der Waals surface area contributed by atoms with Crippen LogP contribution in [0.4, 0.5) is 5.82 Å². The lowest BCUT2D eigenvalue weighted by atomic mass is 9.97. The highest BCUT2D eigenvalue weighted by Crippen LogP contribution is 2.22. The molecule has 1 saturated heterocycles. The van der Waals surface area contributed by atoms with Crippen molar-refractivity contribution >= 4 is 17.4 Å². The number of hydrogen-bond donors (Lipinski definition) is 1. The van der Waals surface area contributed by atoms with Crippen LogP contribution >= 0.6 is 11.6 Å². The Labute approximate surface area is 93.9 Å². The molecule has 1 fully saturated rings. The first kappa shape index (κ1) is 10.6. The maximum atomic E-state index is 9.61. The van der Waals surface area contributed by atoms with Crippen molar-refractivity contribution in [1.29, 1.82) is 0 Å². The molecule has 1 aromatic heterocycles. The summed E-state index contributed by atoms with van der Waals surface area (Å²) in [6, 6.07) is 1.76. The first-order valence-electron chi connectivity index (χ1n) is 5.07. The van der Waals surface area contributed by atoms with Gasteiger partial charge in [-0.2, -0.15) is 0 Å². The largest absolute Gasteiger partial charge is 0.393 e. The summed E-state index contributed by atoms with van der Waals surface area (Å²) in [4.78, 5) is 10.1. The Morgan fingerprint density at radius 3 is 3.00 bits per heavy atom. The molecular formula is C10H14ClN3O. The van der Waals surface area contributed by atoms with E-state index < -0.39 is 0 Å². The van der Waals surface area contributed by atoms with Gasteiger partial charge in [0.25, 0.3) is 0 Å². The number of halogens is 1. The van der Waals surface area contributed by atoms with Crippen molar-refractivity contribution in [1.82, 2.24) is 9.97 Å². The maximum absolute atomic E-state index is 9.61. The van der Waals surface area contributed by atoms with Crippen molar-refractivity contribution in [2.75, 3.05) is 18.0 Å². The van der Waals surface area contributed by atoms with E-state index in [2.05, 4.69) is 14.9 Å². The van der Waals surface area contributed by atoms with E-state index in [4.69, 9.17) is 11.6 Å². The fraction of sp³-hybridized carbons (Fsp3) is 0.600. The van der Waals surface area contributed by atoms with Gasteiger partial charge in [-0.25, -0.2) is 9.97 Å². The van der Waals surface area contributed by atoms with Gasteiger partial charge in [0, 0.05) is 19.2 Å². The van der Waals surface area contributed by atoms with Crippen molar-refractivity contribution in [3.05, 3.63) is 17.5 Å². The van der Waals surface area contributed by atoms with Crippen molar-refractivity contribution in [3.63, 3.8) is 0 Å². The monoisotopic (exact) mass is 227 g/mol. The zero-order valence-electron chi connectivity index (χ0n) is 8.60. The number of anilines is 1. The van der Waals surface area contributed by atoms with Gasteiger partial charge >= 0.3 is 0 Å². The fourth-order valence-electron chi connectivity index (χ4n) is 1.84. The van der Waals surface area contributed by atoms with Gasteiger partial charge in [0.2, 0.25) is 0 Å². The second-order valence-corrected chi connectivity index (χ2v) is 4.37. The first-order valence-corrected chi connectivity index (χ1v) is 5.45. The molecule has 1 N–H and O–H groups in total. The predicted octanol–water partition coefficient (Wildman–Crippen LogP) is 1.34. The quantitative estimate of drug-likeness (QED) is 0.736. The summed E-state index contributed by atoms with van der Waals surface area (Å²) in [5.41, 5.74) is 0. The molecule has 1 aromatic rings.